The number of methoxy groups -OCH3 is 6. The van der Waals surface area contributed by atoms with Gasteiger partial charge in [0.1, 0.15) is 6.61 Å². The summed E-state index contributed by atoms with van der Waals surface area (Å²) in [5.74, 6) is 0.351. The van der Waals surface area contributed by atoms with Crippen LogP contribution in [-0.4, -0.2) is 141 Å². The molecular formula is C105H105Cl9N6O14S2. The number of rotatable bonds is 26. The summed E-state index contributed by atoms with van der Waals surface area (Å²) in [5, 5.41) is 8.16. The Kier molecular flexibility index (Phi) is 38.9. The fourth-order valence-electron chi connectivity index (χ4n) is 16.3. The third-order valence-corrected chi connectivity index (χ3v) is 29.1. The van der Waals surface area contributed by atoms with E-state index in [0.29, 0.717) is 133 Å². The molecule has 17 rings (SSSR count). The standard InChI is InChI=1S/C18H17Cl2NO2.C18H20Cl2O3S.C18H18ClNO.C17H17Cl2NO3S.C17H17ClN2O2.C17H16ClNO3/c1-23-11-13-9-17(21-8-2-3-18(21)22)16(20)10-15(13)12-4-6-14(19)7-5-12;1-12(2)11-24(21,22)18-8-14(10-23-3)16(9-17(18)20)13-4-6-15(19)7-5-13;1-21-12-15-11-14(18-3-2-10-20-18)6-9-17(15)13-4-7-16(19)8-5-13;1-23-11-13-9-17(20-7-2-8-24(20,21)22)16(19)10-15(13)12-3-5-14(18)6-4-12;1-22-11-13-10-15(20-9-8-19-17(20)21)6-7-16(13)12-2-4-14(18)5-3-12;1-21-11-13-10-15(19-8-9-22-17(19)20)6-7-16(13)12-2-4-14(18)5-3-12/h4-7,9-10H,2-3,8,11H2,1H3;4-9,12H,10-11H2,1-3H3;4-9,11H,2-3,10,12H2,1H3;3-6,9-10H,2,7-8,11H2,1H3;2-7,10H,8-9,11H2,1H3,(H,19,21);2-7,10H,8-9,11H2,1H3. The van der Waals surface area contributed by atoms with Crippen LogP contribution >= 0.6 is 104 Å². The monoisotopic (exact) mass is 2050 g/mol. The first kappa shape index (κ1) is 105. The molecular weight excluding hydrogens is 1950 g/mol. The molecule has 12 aromatic carbocycles. The maximum absolute atomic E-state index is 12.6. The van der Waals surface area contributed by atoms with Gasteiger partial charge >= 0.3 is 12.1 Å². The van der Waals surface area contributed by atoms with Crippen molar-refractivity contribution in [1.29, 1.82) is 0 Å². The second-order valence-corrected chi connectivity index (χ2v) is 40.6. The van der Waals surface area contributed by atoms with Gasteiger partial charge in [-0.2, -0.15) is 0 Å². The van der Waals surface area contributed by atoms with Gasteiger partial charge in [0.25, 0.3) is 0 Å². The summed E-state index contributed by atoms with van der Waals surface area (Å²) in [6.45, 7) is 10.9. The van der Waals surface area contributed by atoms with Gasteiger partial charge in [-0.3, -0.25) is 23.9 Å². The summed E-state index contributed by atoms with van der Waals surface area (Å²) < 4.78 is 87.7. The molecule has 31 heteroatoms. The maximum Gasteiger partial charge on any atom is 0.414 e. The van der Waals surface area contributed by atoms with Crippen LogP contribution in [0.2, 0.25) is 45.2 Å². The Morgan fingerprint density at radius 3 is 1.12 bits per heavy atom. The van der Waals surface area contributed by atoms with Crippen molar-refractivity contribution in [1.82, 2.24) is 5.32 Å². The molecule has 0 spiro atoms. The predicted octanol–water partition coefficient (Wildman–Crippen LogP) is 27.0. The Bertz CT molecular complexity index is 6310. The molecule has 0 aliphatic carbocycles. The van der Waals surface area contributed by atoms with Crippen LogP contribution in [0.25, 0.3) is 66.8 Å². The smallest absolute Gasteiger partial charge is 0.414 e. The lowest BCUT2D eigenvalue weighted by Crippen LogP contribution is -2.27. The van der Waals surface area contributed by atoms with Crippen LogP contribution in [-0.2, 0) is 97.5 Å². The molecule has 5 aliphatic heterocycles. The van der Waals surface area contributed by atoms with E-state index in [1.807, 2.05) is 184 Å². The Hall–Kier alpha value is -9.61. The number of carbonyl (C=O) groups excluding carboxylic acids is 3. The van der Waals surface area contributed by atoms with E-state index in [1.165, 1.54) is 26.7 Å². The summed E-state index contributed by atoms with van der Waals surface area (Å²) in [4.78, 5) is 45.4. The Morgan fingerprint density at radius 2 is 0.765 bits per heavy atom. The molecule has 5 aliphatic rings. The normalized spacial score (nSPS) is 14.3. The van der Waals surface area contributed by atoms with E-state index < -0.39 is 19.9 Å². The second kappa shape index (κ2) is 50.3. The number of sulfone groups is 1. The van der Waals surface area contributed by atoms with Crippen LogP contribution in [0.4, 0.5) is 32.3 Å². The SMILES string of the molecule is COCc1cc(C2=NCCC2)ccc1-c1ccc(Cl)cc1.COCc1cc(N2CCCC2=O)c(Cl)cc1-c1ccc(Cl)cc1.COCc1cc(N2CCCS2(=O)=O)c(Cl)cc1-c1ccc(Cl)cc1.COCc1cc(N2CCNC2=O)ccc1-c1ccc(Cl)cc1.COCc1cc(N2CCOC2=O)ccc1-c1ccc(Cl)cc1.COCc1cc(S(=O)(=O)CC(C)C)c(Cl)cc1-c1ccc(Cl)cc1. The van der Waals surface area contributed by atoms with Crippen LogP contribution in [0.3, 0.4) is 0 Å². The predicted molar refractivity (Wildman–Crippen MR) is 555 cm³/mol. The molecule has 0 saturated carbocycles. The summed E-state index contributed by atoms with van der Waals surface area (Å²) in [5.41, 5.74) is 23.5. The van der Waals surface area contributed by atoms with Crippen LogP contribution < -0.4 is 24.3 Å². The first-order valence-electron chi connectivity index (χ1n) is 43.8. The summed E-state index contributed by atoms with van der Waals surface area (Å²) in [6, 6.07) is 74.8. The van der Waals surface area contributed by atoms with E-state index in [0.717, 1.165) is 137 Å². The third kappa shape index (κ3) is 27.9. The Labute approximate surface area is 841 Å². The minimum atomic E-state index is -3.45. The van der Waals surface area contributed by atoms with Gasteiger partial charge < -0.3 is 43.4 Å². The topological polar surface area (TPSA) is 221 Å². The summed E-state index contributed by atoms with van der Waals surface area (Å²) >= 11 is 54.9. The van der Waals surface area contributed by atoms with Gasteiger partial charge in [-0.05, 0) is 277 Å². The average molecular weight is 2060 g/mol. The minimum absolute atomic E-state index is 0.0212. The molecule has 20 nitrogen and oxygen atoms in total. The number of anilines is 4. The van der Waals surface area contributed by atoms with E-state index in [4.69, 9.17) is 138 Å². The highest BCUT2D eigenvalue weighted by molar-refractivity contribution is 7.93. The van der Waals surface area contributed by atoms with E-state index in [-0.39, 0.29) is 45.4 Å². The van der Waals surface area contributed by atoms with Crippen molar-refractivity contribution in [2.75, 3.05) is 119 Å². The number of urea groups is 1. The van der Waals surface area contributed by atoms with Crippen molar-refractivity contribution in [2.45, 2.75) is 90.5 Å². The molecule has 0 aromatic heterocycles. The number of hydrogen-bond donors (Lipinski definition) is 1. The van der Waals surface area contributed by atoms with Crippen molar-refractivity contribution in [3.8, 4) is 66.8 Å². The molecule has 136 heavy (non-hydrogen) atoms. The molecule has 0 atom stereocenters. The van der Waals surface area contributed by atoms with Gasteiger partial charge in [0.2, 0.25) is 15.9 Å². The third-order valence-electron chi connectivity index (χ3n) is 22.6. The number of carbonyl (C=O) groups is 3. The number of amides is 4. The number of sulfonamides is 1. The number of ether oxygens (including phenoxy) is 7. The van der Waals surface area contributed by atoms with Gasteiger partial charge in [-0.25, -0.2) is 26.4 Å². The van der Waals surface area contributed by atoms with Crippen LogP contribution in [0.5, 0.6) is 0 Å². The highest BCUT2D eigenvalue weighted by Crippen LogP contribution is 2.43. The zero-order valence-electron chi connectivity index (χ0n) is 76.4. The van der Waals surface area contributed by atoms with Gasteiger partial charge in [-0.15, -0.1) is 0 Å². The van der Waals surface area contributed by atoms with E-state index in [1.54, 1.807) is 106 Å². The number of aliphatic imine (C=N–C) groups is 1. The summed E-state index contributed by atoms with van der Waals surface area (Å²) in [6.07, 6.45) is 3.99. The number of hydrogen-bond acceptors (Lipinski definition) is 15. The zero-order valence-corrected chi connectivity index (χ0v) is 84.8. The lowest BCUT2D eigenvalue weighted by Gasteiger charge is -2.21. The quantitative estimate of drug-likeness (QED) is 0.0533. The molecule has 0 radical (unpaired) electrons. The van der Waals surface area contributed by atoms with Gasteiger partial charge in [0.05, 0.1) is 89.0 Å². The maximum atomic E-state index is 12.6. The number of cyclic esters (lactones) is 1. The number of halogens is 9. The molecule has 4 saturated heterocycles. The van der Waals surface area contributed by atoms with E-state index in [2.05, 4.69) is 28.5 Å². The fraction of sp³-hybridized carbons (Fsp3) is 0.276. The average Bonchev–Trinajstić information content (AvgIpc) is 1.70. The first-order chi connectivity index (χ1) is 65.4. The minimum Gasteiger partial charge on any atom is -0.447 e. The van der Waals surface area contributed by atoms with Crippen molar-refractivity contribution in [3.05, 3.63) is 321 Å². The van der Waals surface area contributed by atoms with Crippen molar-refractivity contribution >= 4 is 171 Å². The molecule has 714 valence electrons. The highest BCUT2D eigenvalue weighted by Gasteiger charge is 2.33. The second-order valence-electron chi connectivity index (χ2n) is 32.7. The number of nitrogens with one attached hydrogen (secondary N) is 1. The van der Waals surface area contributed by atoms with Gasteiger partial charge in [0.15, 0.2) is 9.84 Å². The molecule has 0 bridgehead atoms. The lowest BCUT2D eigenvalue weighted by atomic mass is 9.96. The van der Waals surface area contributed by atoms with Crippen LogP contribution in [0.15, 0.2) is 246 Å². The highest BCUT2D eigenvalue weighted by atomic mass is 35.5. The van der Waals surface area contributed by atoms with Crippen LogP contribution in [0, 0.1) is 5.92 Å². The summed E-state index contributed by atoms with van der Waals surface area (Å²) in [7, 11) is 3.15. The number of nitrogens with zero attached hydrogens (tertiary/aromatic N) is 5. The lowest BCUT2D eigenvalue weighted by molar-refractivity contribution is -0.117. The Morgan fingerprint density at radius 1 is 0.390 bits per heavy atom. The first-order valence-corrected chi connectivity index (χ1v) is 50.5. The molecule has 1 N–H and O–H groups in total. The van der Waals surface area contributed by atoms with Gasteiger partial charge in [-0.1, -0.05) is 215 Å². The van der Waals surface area contributed by atoms with Crippen molar-refractivity contribution in [2.24, 2.45) is 10.9 Å². The van der Waals surface area contributed by atoms with Crippen molar-refractivity contribution < 1.29 is 64.4 Å². The molecule has 12 aromatic rings. The van der Waals surface area contributed by atoms with Crippen LogP contribution in [0.1, 0.15) is 84.9 Å². The zero-order chi connectivity index (χ0) is 97.3. The largest absolute Gasteiger partial charge is 0.447 e. The molecule has 4 fully saturated rings. The van der Waals surface area contributed by atoms with E-state index in [9.17, 15) is 31.2 Å². The van der Waals surface area contributed by atoms with Crippen molar-refractivity contribution in [3.63, 3.8) is 0 Å². The molecule has 5 heterocycles. The number of benzene rings is 12. The molecule has 0 unspecified atom stereocenters. The fourth-order valence-corrected chi connectivity index (χ4v) is 21.4. The van der Waals surface area contributed by atoms with Gasteiger partial charge in [0, 0.05) is 129 Å². The Balaban J connectivity index is 0.000000147. The molecule has 4 amide bonds. The van der Waals surface area contributed by atoms with E-state index >= 15 is 0 Å².